The first kappa shape index (κ1) is 20.6. The summed E-state index contributed by atoms with van der Waals surface area (Å²) in [6.45, 7) is 4.56. The predicted octanol–water partition coefficient (Wildman–Crippen LogP) is 2.00. The molecule has 1 aromatic rings. The maximum absolute atomic E-state index is 5.05. The fraction of sp³-hybridized carbons (Fsp3) is 0.643. The number of thiophene rings is 1. The van der Waals surface area contributed by atoms with Gasteiger partial charge in [-0.05, 0) is 35.9 Å². The Balaban J connectivity index is 0.00000400. The standard InChI is InChI=1S/C14H26N4OS.HI/c1-15-14(17-11-13-5-10-20-12-13)16-6-8-18(2)7-4-9-19-3;/h5,10,12H,4,6-9,11H2,1-3H3,(H2,15,16,17);1H. The van der Waals surface area contributed by atoms with E-state index in [1.807, 2.05) is 0 Å². The van der Waals surface area contributed by atoms with E-state index in [0.717, 1.165) is 45.2 Å². The highest BCUT2D eigenvalue weighted by molar-refractivity contribution is 14.0. The Kier molecular flexibility index (Phi) is 13.1. The van der Waals surface area contributed by atoms with Crippen molar-refractivity contribution in [2.24, 2.45) is 4.99 Å². The number of nitrogens with one attached hydrogen (secondary N) is 2. The molecule has 0 saturated carbocycles. The third-order valence-corrected chi connectivity index (χ3v) is 3.67. The van der Waals surface area contributed by atoms with Gasteiger partial charge in [0, 0.05) is 46.9 Å². The fourth-order valence-corrected chi connectivity index (χ4v) is 2.42. The van der Waals surface area contributed by atoms with Crippen LogP contribution in [0.5, 0.6) is 0 Å². The van der Waals surface area contributed by atoms with Crippen LogP contribution in [0.15, 0.2) is 21.8 Å². The number of rotatable bonds is 9. The summed E-state index contributed by atoms with van der Waals surface area (Å²) in [6.07, 6.45) is 1.07. The Labute approximate surface area is 149 Å². The van der Waals surface area contributed by atoms with Gasteiger partial charge in [0.05, 0.1) is 0 Å². The lowest BCUT2D eigenvalue weighted by atomic mass is 10.3. The Bertz CT molecular complexity index is 373. The molecule has 0 spiro atoms. The first-order valence-corrected chi connectivity index (χ1v) is 7.83. The zero-order valence-electron chi connectivity index (χ0n) is 13.1. The molecule has 0 amide bonds. The number of halogens is 1. The van der Waals surface area contributed by atoms with Gasteiger partial charge >= 0.3 is 0 Å². The lowest BCUT2D eigenvalue weighted by Crippen LogP contribution is -2.40. The Hall–Kier alpha value is -0.380. The number of methoxy groups -OCH3 is 1. The molecule has 0 atom stereocenters. The molecular formula is C14H27IN4OS. The minimum atomic E-state index is 0. The molecule has 21 heavy (non-hydrogen) atoms. The smallest absolute Gasteiger partial charge is 0.191 e. The summed E-state index contributed by atoms with van der Waals surface area (Å²) in [6, 6.07) is 2.12. The number of aliphatic imine (C=N–C) groups is 1. The summed E-state index contributed by atoms with van der Waals surface area (Å²) in [7, 11) is 5.66. The van der Waals surface area contributed by atoms with Crippen LogP contribution in [0.2, 0.25) is 0 Å². The zero-order valence-corrected chi connectivity index (χ0v) is 16.2. The van der Waals surface area contributed by atoms with Crippen LogP contribution in [0, 0.1) is 0 Å². The van der Waals surface area contributed by atoms with Crippen molar-refractivity contribution in [3.63, 3.8) is 0 Å². The molecule has 122 valence electrons. The number of hydrogen-bond acceptors (Lipinski definition) is 4. The summed E-state index contributed by atoms with van der Waals surface area (Å²) in [5.41, 5.74) is 1.29. The highest BCUT2D eigenvalue weighted by Crippen LogP contribution is 2.04. The second-order valence-electron chi connectivity index (χ2n) is 4.63. The Morgan fingerprint density at radius 1 is 1.38 bits per heavy atom. The van der Waals surface area contributed by atoms with Crippen LogP contribution in [0.1, 0.15) is 12.0 Å². The SMILES string of the molecule is CN=C(NCCN(C)CCCOC)NCc1ccsc1.I. The maximum atomic E-state index is 5.05. The number of ether oxygens (including phenoxy) is 1. The van der Waals surface area contributed by atoms with E-state index in [-0.39, 0.29) is 24.0 Å². The summed E-state index contributed by atoms with van der Waals surface area (Å²) in [5, 5.41) is 10.9. The molecule has 0 saturated heterocycles. The highest BCUT2D eigenvalue weighted by Gasteiger charge is 2.01. The monoisotopic (exact) mass is 426 g/mol. The van der Waals surface area contributed by atoms with Crippen molar-refractivity contribution >= 4 is 41.3 Å². The topological polar surface area (TPSA) is 48.9 Å². The van der Waals surface area contributed by atoms with Crippen LogP contribution in [0.3, 0.4) is 0 Å². The summed E-state index contributed by atoms with van der Waals surface area (Å²) < 4.78 is 5.05. The van der Waals surface area contributed by atoms with Gasteiger partial charge in [-0.15, -0.1) is 24.0 Å². The summed E-state index contributed by atoms with van der Waals surface area (Å²) >= 11 is 1.71. The molecular weight excluding hydrogens is 399 g/mol. The predicted molar refractivity (Wildman–Crippen MR) is 102 cm³/mol. The van der Waals surface area contributed by atoms with E-state index in [4.69, 9.17) is 4.74 Å². The molecule has 0 aliphatic heterocycles. The molecule has 0 radical (unpaired) electrons. The third kappa shape index (κ3) is 10.0. The zero-order chi connectivity index (χ0) is 14.6. The first-order chi connectivity index (χ1) is 9.76. The van der Waals surface area contributed by atoms with Crippen molar-refractivity contribution in [3.05, 3.63) is 22.4 Å². The lowest BCUT2D eigenvalue weighted by Gasteiger charge is -2.18. The molecule has 1 heterocycles. The van der Waals surface area contributed by atoms with Crippen molar-refractivity contribution in [2.75, 3.05) is 47.4 Å². The van der Waals surface area contributed by atoms with Gasteiger partial charge in [-0.3, -0.25) is 4.99 Å². The first-order valence-electron chi connectivity index (χ1n) is 6.89. The van der Waals surface area contributed by atoms with Gasteiger partial charge in [0.2, 0.25) is 0 Å². The minimum absolute atomic E-state index is 0. The second kappa shape index (κ2) is 13.3. The van der Waals surface area contributed by atoms with Crippen LogP contribution in [-0.4, -0.2) is 58.3 Å². The molecule has 0 aliphatic carbocycles. The van der Waals surface area contributed by atoms with E-state index in [1.54, 1.807) is 25.5 Å². The van der Waals surface area contributed by atoms with Gasteiger partial charge in [0.25, 0.3) is 0 Å². The van der Waals surface area contributed by atoms with Gasteiger partial charge in [0.1, 0.15) is 0 Å². The van der Waals surface area contributed by atoms with E-state index in [9.17, 15) is 0 Å². The Morgan fingerprint density at radius 2 is 2.19 bits per heavy atom. The van der Waals surface area contributed by atoms with E-state index in [1.165, 1.54) is 5.56 Å². The highest BCUT2D eigenvalue weighted by atomic mass is 127. The number of likely N-dealkylation sites (N-methyl/N-ethyl adjacent to an activating group) is 1. The van der Waals surface area contributed by atoms with Crippen molar-refractivity contribution < 1.29 is 4.74 Å². The van der Waals surface area contributed by atoms with E-state index in [2.05, 4.69) is 44.4 Å². The summed E-state index contributed by atoms with van der Waals surface area (Å²) in [4.78, 5) is 6.51. The number of hydrogen-bond donors (Lipinski definition) is 2. The van der Waals surface area contributed by atoms with E-state index < -0.39 is 0 Å². The van der Waals surface area contributed by atoms with Gasteiger partial charge in [-0.2, -0.15) is 11.3 Å². The van der Waals surface area contributed by atoms with Crippen molar-refractivity contribution in [3.8, 4) is 0 Å². The normalized spacial score (nSPS) is 11.3. The maximum Gasteiger partial charge on any atom is 0.191 e. The molecule has 1 aromatic heterocycles. The van der Waals surface area contributed by atoms with Crippen LogP contribution in [-0.2, 0) is 11.3 Å². The van der Waals surface area contributed by atoms with Gasteiger partial charge in [-0.25, -0.2) is 0 Å². The molecule has 0 unspecified atom stereocenters. The molecule has 5 nitrogen and oxygen atoms in total. The molecule has 2 N–H and O–H groups in total. The van der Waals surface area contributed by atoms with Crippen LogP contribution in [0.25, 0.3) is 0 Å². The third-order valence-electron chi connectivity index (χ3n) is 2.94. The molecule has 0 aromatic carbocycles. The van der Waals surface area contributed by atoms with E-state index >= 15 is 0 Å². The minimum Gasteiger partial charge on any atom is -0.385 e. The molecule has 0 bridgehead atoms. The lowest BCUT2D eigenvalue weighted by molar-refractivity contribution is 0.180. The van der Waals surface area contributed by atoms with Crippen LogP contribution < -0.4 is 10.6 Å². The quantitative estimate of drug-likeness (QED) is 0.275. The second-order valence-corrected chi connectivity index (χ2v) is 5.41. The van der Waals surface area contributed by atoms with Crippen molar-refractivity contribution in [1.29, 1.82) is 0 Å². The molecule has 0 aliphatic rings. The number of nitrogens with zero attached hydrogens (tertiary/aromatic N) is 2. The molecule has 0 fully saturated rings. The largest absolute Gasteiger partial charge is 0.385 e. The molecule has 7 heteroatoms. The number of guanidine groups is 1. The fourth-order valence-electron chi connectivity index (χ4n) is 1.76. The Morgan fingerprint density at radius 3 is 2.81 bits per heavy atom. The van der Waals surface area contributed by atoms with Gasteiger partial charge in [0.15, 0.2) is 5.96 Å². The van der Waals surface area contributed by atoms with Crippen molar-refractivity contribution in [1.82, 2.24) is 15.5 Å². The summed E-state index contributed by atoms with van der Waals surface area (Å²) in [5.74, 6) is 0.849. The average molecular weight is 426 g/mol. The van der Waals surface area contributed by atoms with Gasteiger partial charge in [-0.1, -0.05) is 0 Å². The van der Waals surface area contributed by atoms with Crippen molar-refractivity contribution in [2.45, 2.75) is 13.0 Å². The van der Waals surface area contributed by atoms with E-state index in [0.29, 0.717) is 0 Å². The molecule has 1 rings (SSSR count). The van der Waals surface area contributed by atoms with Crippen LogP contribution in [0.4, 0.5) is 0 Å². The van der Waals surface area contributed by atoms with Gasteiger partial charge < -0.3 is 20.3 Å². The average Bonchev–Trinajstić information content (AvgIpc) is 2.96. The van der Waals surface area contributed by atoms with Crippen LogP contribution >= 0.6 is 35.3 Å².